The van der Waals surface area contributed by atoms with Gasteiger partial charge in [-0.05, 0) is 23.3 Å². The molecule has 1 aliphatic carbocycles. The first-order valence-corrected chi connectivity index (χ1v) is 8.00. The van der Waals surface area contributed by atoms with Gasteiger partial charge in [-0.1, -0.05) is 41.4 Å². The van der Waals surface area contributed by atoms with Crippen LogP contribution in [-0.2, 0) is 12.6 Å². The van der Waals surface area contributed by atoms with Gasteiger partial charge in [-0.2, -0.15) is 5.26 Å². The summed E-state index contributed by atoms with van der Waals surface area (Å²) in [5.41, 5.74) is 4.12. The summed E-state index contributed by atoms with van der Waals surface area (Å²) in [7, 11) is 1.59. The zero-order valence-corrected chi connectivity index (χ0v) is 14.1. The third-order valence-electron chi connectivity index (χ3n) is 4.31. The van der Waals surface area contributed by atoms with Crippen LogP contribution in [0.1, 0.15) is 21.6 Å². The van der Waals surface area contributed by atoms with Crippen LogP contribution < -0.4 is 4.74 Å². The van der Waals surface area contributed by atoms with Crippen LogP contribution in [-0.4, -0.2) is 17.9 Å². The SMILES string of the molecule is COc1ccc(-c2c(C#N)c([S-])nc3c2-c2ccccc2C3=O)cc1. The van der Waals surface area contributed by atoms with Crippen molar-refractivity contribution in [1.29, 1.82) is 5.26 Å². The average molecular weight is 343 g/mol. The summed E-state index contributed by atoms with van der Waals surface area (Å²) >= 11 is 5.28. The summed E-state index contributed by atoms with van der Waals surface area (Å²) in [6.07, 6.45) is 0. The van der Waals surface area contributed by atoms with Crippen molar-refractivity contribution in [3.05, 3.63) is 65.4 Å². The Morgan fingerprint density at radius 1 is 1.04 bits per heavy atom. The topological polar surface area (TPSA) is 63.0 Å². The number of nitriles is 1. The molecule has 0 spiro atoms. The Balaban J connectivity index is 2.10. The molecule has 2 aromatic carbocycles. The number of hydrogen-bond donors (Lipinski definition) is 0. The number of methoxy groups -OCH3 is 1. The Kier molecular flexibility index (Phi) is 3.48. The highest BCUT2D eigenvalue weighted by Crippen LogP contribution is 2.44. The predicted molar refractivity (Wildman–Crippen MR) is 95.4 cm³/mol. The Morgan fingerprint density at radius 2 is 1.72 bits per heavy atom. The van der Waals surface area contributed by atoms with Gasteiger partial charge in [0.15, 0.2) is 0 Å². The van der Waals surface area contributed by atoms with Crippen LogP contribution in [0.5, 0.6) is 5.75 Å². The van der Waals surface area contributed by atoms with Gasteiger partial charge in [0.1, 0.15) is 11.4 Å². The molecule has 120 valence electrons. The molecule has 0 fully saturated rings. The molecule has 1 heterocycles. The Hall–Kier alpha value is -3.23. The van der Waals surface area contributed by atoms with Crippen LogP contribution in [0.3, 0.4) is 0 Å². The largest absolute Gasteiger partial charge is 0.759 e. The van der Waals surface area contributed by atoms with E-state index < -0.39 is 0 Å². The van der Waals surface area contributed by atoms with E-state index in [2.05, 4.69) is 11.1 Å². The van der Waals surface area contributed by atoms with Crippen molar-refractivity contribution in [1.82, 2.24) is 4.98 Å². The predicted octanol–water partition coefficient (Wildman–Crippen LogP) is 3.75. The van der Waals surface area contributed by atoms with Gasteiger partial charge in [-0.3, -0.25) is 9.78 Å². The van der Waals surface area contributed by atoms with Crippen LogP contribution in [0, 0.1) is 11.3 Å². The summed E-state index contributed by atoms with van der Waals surface area (Å²) in [6, 6.07) is 16.8. The average Bonchev–Trinajstić information content (AvgIpc) is 2.93. The van der Waals surface area contributed by atoms with E-state index in [1.54, 1.807) is 13.2 Å². The molecule has 25 heavy (non-hydrogen) atoms. The fourth-order valence-electron chi connectivity index (χ4n) is 3.17. The minimum absolute atomic E-state index is 0.147. The van der Waals surface area contributed by atoms with E-state index in [4.69, 9.17) is 17.4 Å². The van der Waals surface area contributed by atoms with Crippen molar-refractivity contribution in [2.75, 3.05) is 7.11 Å². The first-order chi connectivity index (χ1) is 12.2. The van der Waals surface area contributed by atoms with Gasteiger partial charge in [0, 0.05) is 16.7 Å². The van der Waals surface area contributed by atoms with Gasteiger partial charge in [0.05, 0.1) is 18.7 Å². The third kappa shape index (κ3) is 2.19. The molecular weight excluding hydrogens is 332 g/mol. The van der Waals surface area contributed by atoms with E-state index in [-0.39, 0.29) is 10.8 Å². The third-order valence-corrected chi connectivity index (χ3v) is 4.61. The summed E-state index contributed by atoms with van der Waals surface area (Å²) in [4.78, 5) is 17.0. The number of ether oxygens (including phenoxy) is 1. The molecular formula is C20H11N2O2S-. The molecule has 0 N–H and O–H groups in total. The van der Waals surface area contributed by atoms with Crippen LogP contribution in [0.2, 0.25) is 0 Å². The van der Waals surface area contributed by atoms with E-state index in [1.807, 2.05) is 42.5 Å². The zero-order valence-electron chi connectivity index (χ0n) is 13.2. The molecule has 4 rings (SSSR count). The molecule has 0 saturated heterocycles. The molecule has 0 radical (unpaired) electrons. The monoisotopic (exact) mass is 343 g/mol. The molecule has 1 aromatic heterocycles. The maximum Gasteiger partial charge on any atom is 0.212 e. The second-order valence-corrected chi connectivity index (χ2v) is 5.99. The standard InChI is InChI=1S/C20H12N2O2S/c1-24-12-8-6-11(7-9-12)16-15(10-21)20(25)22-18-17(16)13-4-2-3-5-14(13)19(18)23/h2-9H,1H3,(H,22,25)/p-1. The minimum atomic E-state index is -0.157. The molecule has 0 bridgehead atoms. The highest BCUT2D eigenvalue weighted by atomic mass is 32.1. The van der Waals surface area contributed by atoms with Crippen LogP contribution in [0.25, 0.3) is 22.3 Å². The van der Waals surface area contributed by atoms with Gasteiger partial charge in [0.25, 0.3) is 0 Å². The minimum Gasteiger partial charge on any atom is -0.759 e. The molecule has 0 atom stereocenters. The molecule has 0 saturated carbocycles. The van der Waals surface area contributed by atoms with E-state index in [0.717, 1.165) is 11.1 Å². The number of fused-ring (bicyclic) bond motifs is 3. The number of hydrogen-bond acceptors (Lipinski definition) is 5. The molecule has 1 aliphatic rings. The zero-order chi connectivity index (χ0) is 17.6. The summed E-state index contributed by atoms with van der Waals surface area (Å²) in [5, 5.41) is 9.79. The lowest BCUT2D eigenvalue weighted by molar-refractivity contribution is 0.103. The van der Waals surface area contributed by atoms with Crippen molar-refractivity contribution in [2.45, 2.75) is 5.03 Å². The number of rotatable bonds is 2. The number of carbonyl (C=O) groups excluding carboxylic acids is 1. The van der Waals surface area contributed by atoms with Gasteiger partial charge < -0.3 is 17.4 Å². The van der Waals surface area contributed by atoms with E-state index in [9.17, 15) is 10.1 Å². The van der Waals surface area contributed by atoms with Crippen LogP contribution in [0.15, 0.2) is 53.6 Å². The van der Waals surface area contributed by atoms with Gasteiger partial charge in [-0.15, -0.1) is 0 Å². The summed E-state index contributed by atoms with van der Waals surface area (Å²) in [6.45, 7) is 0. The van der Waals surface area contributed by atoms with Crippen molar-refractivity contribution in [2.24, 2.45) is 0 Å². The first kappa shape index (κ1) is 15.3. The Labute approximate surface area is 150 Å². The van der Waals surface area contributed by atoms with Crippen molar-refractivity contribution in [3.8, 4) is 34.1 Å². The van der Waals surface area contributed by atoms with Gasteiger partial charge >= 0.3 is 0 Å². The van der Waals surface area contributed by atoms with Crippen molar-refractivity contribution in [3.63, 3.8) is 0 Å². The first-order valence-electron chi connectivity index (χ1n) is 7.59. The maximum atomic E-state index is 12.7. The Bertz CT molecular complexity index is 1070. The highest BCUT2D eigenvalue weighted by Gasteiger charge is 2.32. The summed E-state index contributed by atoms with van der Waals surface area (Å²) in [5.74, 6) is 0.555. The van der Waals surface area contributed by atoms with E-state index >= 15 is 0 Å². The van der Waals surface area contributed by atoms with Crippen molar-refractivity contribution >= 4 is 18.4 Å². The van der Waals surface area contributed by atoms with Gasteiger partial charge in [0.2, 0.25) is 5.78 Å². The smallest absolute Gasteiger partial charge is 0.212 e. The molecule has 0 unspecified atom stereocenters. The van der Waals surface area contributed by atoms with Crippen molar-refractivity contribution < 1.29 is 9.53 Å². The lowest BCUT2D eigenvalue weighted by Crippen LogP contribution is -2.03. The Morgan fingerprint density at radius 3 is 2.36 bits per heavy atom. The van der Waals surface area contributed by atoms with E-state index in [1.165, 1.54) is 0 Å². The molecule has 3 aromatic rings. The maximum absolute atomic E-state index is 12.7. The number of nitrogens with zero attached hydrogens (tertiary/aromatic N) is 2. The second-order valence-electron chi connectivity index (χ2n) is 5.61. The highest BCUT2D eigenvalue weighted by molar-refractivity contribution is 7.58. The number of aromatic nitrogens is 1. The van der Waals surface area contributed by atoms with E-state index in [0.29, 0.717) is 33.7 Å². The lowest BCUT2D eigenvalue weighted by Gasteiger charge is -2.17. The number of carbonyl (C=O) groups is 1. The number of pyridine rings is 1. The number of ketones is 1. The summed E-state index contributed by atoms with van der Waals surface area (Å²) < 4.78 is 5.20. The molecule has 4 nitrogen and oxygen atoms in total. The second kappa shape index (κ2) is 5.69. The number of benzene rings is 2. The lowest BCUT2D eigenvalue weighted by atomic mass is 9.93. The fraction of sp³-hybridized carbons (Fsp3) is 0.0500. The van der Waals surface area contributed by atoms with Crippen LogP contribution in [0.4, 0.5) is 0 Å². The molecule has 0 amide bonds. The van der Waals surface area contributed by atoms with Gasteiger partial charge in [-0.25, -0.2) is 0 Å². The fourth-order valence-corrected chi connectivity index (χ4v) is 3.41. The quantitative estimate of drug-likeness (QED) is 0.519. The van der Waals surface area contributed by atoms with Crippen LogP contribution >= 0.6 is 0 Å². The normalized spacial score (nSPS) is 11.6. The molecule has 5 heteroatoms. The molecule has 0 aliphatic heterocycles.